The molecule has 1 aromatic heterocycles. The fourth-order valence-electron chi connectivity index (χ4n) is 1.32. The SMILES string of the molecule is O=C(COc1ccc(Cl)cc1)NCc1ccsc1. The van der Waals surface area contributed by atoms with Crippen LogP contribution in [0.15, 0.2) is 41.1 Å². The first-order valence-electron chi connectivity index (χ1n) is 5.40. The van der Waals surface area contributed by atoms with Crippen LogP contribution in [0.5, 0.6) is 5.75 Å². The molecule has 0 saturated carbocycles. The van der Waals surface area contributed by atoms with Gasteiger partial charge in [-0.1, -0.05) is 11.6 Å². The van der Waals surface area contributed by atoms with Crippen molar-refractivity contribution in [1.82, 2.24) is 5.32 Å². The van der Waals surface area contributed by atoms with E-state index in [0.717, 1.165) is 5.56 Å². The summed E-state index contributed by atoms with van der Waals surface area (Å²) in [5.41, 5.74) is 1.10. The summed E-state index contributed by atoms with van der Waals surface area (Å²) in [6, 6.07) is 8.88. The molecule has 5 heteroatoms. The maximum atomic E-state index is 11.5. The highest BCUT2D eigenvalue weighted by Gasteiger charge is 2.03. The van der Waals surface area contributed by atoms with Crippen LogP contribution in [-0.4, -0.2) is 12.5 Å². The number of rotatable bonds is 5. The molecule has 94 valence electrons. The molecule has 1 amide bonds. The first-order valence-corrected chi connectivity index (χ1v) is 6.72. The lowest BCUT2D eigenvalue weighted by Gasteiger charge is -2.06. The lowest BCUT2D eigenvalue weighted by molar-refractivity contribution is -0.123. The second kappa shape index (κ2) is 6.42. The quantitative estimate of drug-likeness (QED) is 0.915. The minimum Gasteiger partial charge on any atom is -0.484 e. The van der Waals surface area contributed by atoms with E-state index in [1.807, 2.05) is 16.8 Å². The van der Waals surface area contributed by atoms with Crippen molar-refractivity contribution >= 4 is 28.8 Å². The zero-order valence-corrected chi connectivity index (χ0v) is 11.1. The van der Waals surface area contributed by atoms with Gasteiger partial charge in [-0.05, 0) is 46.7 Å². The van der Waals surface area contributed by atoms with Crippen LogP contribution in [0.2, 0.25) is 5.02 Å². The predicted octanol–water partition coefficient (Wildman–Crippen LogP) is 3.10. The standard InChI is InChI=1S/C13H12ClNO2S/c14-11-1-3-12(4-2-11)17-8-13(16)15-7-10-5-6-18-9-10/h1-6,9H,7-8H2,(H,15,16). The molecule has 0 saturated heterocycles. The van der Waals surface area contributed by atoms with Crippen molar-refractivity contribution in [2.45, 2.75) is 6.54 Å². The highest BCUT2D eigenvalue weighted by atomic mass is 35.5. The average Bonchev–Trinajstić information content (AvgIpc) is 2.89. The van der Waals surface area contributed by atoms with Crippen molar-refractivity contribution in [1.29, 1.82) is 0 Å². The van der Waals surface area contributed by atoms with E-state index >= 15 is 0 Å². The summed E-state index contributed by atoms with van der Waals surface area (Å²) in [5.74, 6) is 0.487. The first kappa shape index (κ1) is 12.9. The largest absolute Gasteiger partial charge is 0.484 e. The number of halogens is 1. The first-order chi connectivity index (χ1) is 8.74. The van der Waals surface area contributed by atoms with Gasteiger partial charge in [0.15, 0.2) is 6.61 Å². The van der Waals surface area contributed by atoms with E-state index in [4.69, 9.17) is 16.3 Å². The molecule has 1 N–H and O–H groups in total. The third-order valence-corrected chi connectivity index (χ3v) is 3.24. The predicted molar refractivity (Wildman–Crippen MR) is 73.1 cm³/mol. The zero-order valence-electron chi connectivity index (χ0n) is 9.56. The van der Waals surface area contributed by atoms with Crippen LogP contribution in [0.25, 0.3) is 0 Å². The molecule has 0 fully saturated rings. The van der Waals surface area contributed by atoms with E-state index in [2.05, 4.69) is 5.32 Å². The van der Waals surface area contributed by atoms with Gasteiger partial charge in [-0.3, -0.25) is 4.79 Å². The molecule has 0 atom stereocenters. The van der Waals surface area contributed by atoms with Crippen molar-refractivity contribution in [3.8, 4) is 5.75 Å². The molecule has 3 nitrogen and oxygen atoms in total. The topological polar surface area (TPSA) is 38.3 Å². The molecule has 2 aromatic rings. The maximum Gasteiger partial charge on any atom is 0.258 e. The van der Waals surface area contributed by atoms with Crippen molar-refractivity contribution in [2.24, 2.45) is 0 Å². The van der Waals surface area contributed by atoms with Crippen molar-refractivity contribution < 1.29 is 9.53 Å². The van der Waals surface area contributed by atoms with E-state index in [1.54, 1.807) is 35.6 Å². The second-order valence-electron chi connectivity index (χ2n) is 3.65. The van der Waals surface area contributed by atoms with Gasteiger partial charge in [-0.25, -0.2) is 0 Å². The molecule has 0 aliphatic carbocycles. The van der Waals surface area contributed by atoms with Crippen molar-refractivity contribution in [3.63, 3.8) is 0 Å². The van der Waals surface area contributed by atoms with Crippen LogP contribution in [0.1, 0.15) is 5.56 Å². The number of carbonyl (C=O) groups excluding carboxylic acids is 1. The Morgan fingerprint density at radius 3 is 2.72 bits per heavy atom. The number of nitrogens with one attached hydrogen (secondary N) is 1. The third kappa shape index (κ3) is 4.05. The molecule has 0 aliphatic rings. The maximum absolute atomic E-state index is 11.5. The van der Waals surface area contributed by atoms with E-state index in [9.17, 15) is 4.79 Å². The Bertz CT molecular complexity index is 496. The van der Waals surface area contributed by atoms with Gasteiger partial charge in [-0.15, -0.1) is 0 Å². The van der Waals surface area contributed by atoms with Gasteiger partial charge >= 0.3 is 0 Å². The fourth-order valence-corrected chi connectivity index (χ4v) is 2.12. The summed E-state index contributed by atoms with van der Waals surface area (Å²) in [4.78, 5) is 11.5. The molecule has 0 spiro atoms. The summed E-state index contributed by atoms with van der Waals surface area (Å²) in [6.45, 7) is 0.540. The van der Waals surface area contributed by atoms with E-state index in [-0.39, 0.29) is 12.5 Å². The minimum absolute atomic E-state index is 0.00572. The van der Waals surface area contributed by atoms with Crippen molar-refractivity contribution in [2.75, 3.05) is 6.61 Å². The Morgan fingerprint density at radius 1 is 1.28 bits per heavy atom. The molecule has 2 rings (SSSR count). The summed E-state index contributed by atoms with van der Waals surface area (Å²) < 4.78 is 5.32. The average molecular weight is 282 g/mol. The van der Waals surface area contributed by atoms with Gasteiger partial charge in [0.1, 0.15) is 5.75 Å². The molecule has 0 unspecified atom stereocenters. The third-order valence-electron chi connectivity index (χ3n) is 2.25. The van der Waals surface area contributed by atoms with Gasteiger partial charge in [0.2, 0.25) is 0 Å². The van der Waals surface area contributed by atoms with Crippen LogP contribution in [0.3, 0.4) is 0 Å². The Labute approximate surface area is 114 Å². The number of benzene rings is 1. The summed E-state index contributed by atoms with van der Waals surface area (Å²) >= 11 is 7.36. The highest BCUT2D eigenvalue weighted by molar-refractivity contribution is 7.07. The van der Waals surface area contributed by atoms with Crippen LogP contribution < -0.4 is 10.1 Å². The van der Waals surface area contributed by atoms with Gasteiger partial charge in [0.25, 0.3) is 5.91 Å². The minimum atomic E-state index is -0.142. The lowest BCUT2D eigenvalue weighted by atomic mass is 10.3. The van der Waals surface area contributed by atoms with Crippen LogP contribution in [0, 0.1) is 0 Å². The van der Waals surface area contributed by atoms with Crippen LogP contribution in [0.4, 0.5) is 0 Å². The Hall–Kier alpha value is -1.52. The monoisotopic (exact) mass is 281 g/mol. The fraction of sp³-hybridized carbons (Fsp3) is 0.154. The number of carbonyl (C=O) groups is 1. The molecule has 18 heavy (non-hydrogen) atoms. The van der Waals surface area contributed by atoms with Crippen LogP contribution >= 0.6 is 22.9 Å². The number of thiophene rings is 1. The molecular weight excluding hydrogens is 270 g/mol. The van der Waals surface area contributed by atoms with Gasteiger partial charge in [0.05, 0.1) is 0 Å². The molecule has 1 aromatic carbocycles. The van der Waals surface area contributed by atoms with E-state index in [1.165, 1.54) is 0 Å². The zero-order chi connectivity index (χ0) is 12.8. The Balaban J connectivity index is 1.73. The smallest absolute Gasteiger partial charge is 0.258 e. The number of ether oxygens (including phenoxy) is 1. The van der Waals surface area contributed by atoms with E-state index in [0.29, 0.717) is 17.3 Å². The normalized spacial score (nSPS) is 10.1. The van der Waals surface area contributed by atoms with Gasteiger partial charge in [-0.2, -0.15) is 11.3 Å². The van der Waals surface area contributed by atoms with Crippen LogP contribution in [-0.2, 0) is 11.3 Å². The number of hydrogen-bond donors (Lipinski definition) is 1. The molecule has 0 radical (unpaired) electrons. The molecular formula is C13H12ClNO2S. The van der Waals surface area contributed by atoms with Crippen molar-refractivity contribution in [3.05, 3.63) is 51.7 Å². The second-order valence-corrected chi connectivity index (χ2v) is 4.87. The molecule has 1 heterocycles. The van der Waals surface area contributed by atoms with Gasteiger partial charge in [0, 0.05) is 11.6 Å². The summed E-state index contributed by atoms with van der Waals surface area (Å²) in [5, 5.41) is 7.40. The summed E-state index contributed by atoms with van der Waals surface area (Å²) in [6.07, 6.45) is 0. The Morgan fingerprint density at radius 2 is 2.06 bits per heavy atom. The number of amides is 1. The molecule has 0 bridgehead atoms. The summed E-state index contributed by atoms with van der Waals surface area (Å²) in [7, 11) is 0. The van der Waals surface area contributed by atoms with E-state index < -0.39 is 0 Å². The lowest BCUT2D eigenvalue weighted by Crippen LogP contribution is -2.28. The molecule has 0 aliphatic heterocycles. The number of hydrogen-bond acceptors (Lipinski definition) is 3. The Kier molecular flexibility index (Phi) is 4.61. The van der Waals surface area contributed by atoms with Gasteiger partial charge < -0.3 is 10.1 Å². The highest BCUT2D eigenvalue weighted by Crippen LogP contribution is 2.15.